The third-order valence-corrected chi connectivity index (χ3v) is 3.50. The SMILES string of the molecule is O=C(CCc1cccc(F)c1)Nc1ccc2c(c1)CCO2. The van der Waals surface area contributed by atoms with Crippen molar-refractivity contribution in [2.45, 2.75) is 19.3 Å². The molecule has 108 valence electrons. The van der Waals surface area contributed by atoms with Crippen LogP contribution >= 0.6 is 0 Å². The van der Waals surface area contributed by atoms with Gasteiger partial charge in [-0.1, -0.05) is 12.1 Å². The number of carbonyl (C=O) groups is 1. The quantitative estimate of drug-likeness (QED) is 0.935. The van der Waals surface area contributed by atoms with E-state index in [1.807, 2.05) is 24.3 Å². The van der Waals surface area contributed by atoms with Gasteiger partial charge in [0.15, 0.2) is 0 Å². The lowest BCUT2D eigenvalue weighted by molar-refractivity contribution is -0.116. The molecule has 0 saturated heterocycles. The van der Waals surface area contributed by atoms with Crippen LogP contribution < -0.4 is 10.1 Å². The first-order valence-electron chi connectivity index (χ1n) is 7.01. The van der Waals surface area contributed by atoms with Crippen molar-refractivity contribution in [3.8, 4) is 5.75 Å². The maximum Gasteiger partial charge on any atom is 0.224 e. The summed E-state index contributed by atoms with van der Waals surface area (Å²) in [6.07, 6.45) is 1.73. The number of carbonyl (C=O) groups excluding carboxylic acids is 1. The Morgan fingerprint density at radius 2 is 2.14 bits per heavy atom. The molecule has 0 bridgehead atoms. The van der Waals surface area contributed by atoms with E-state index < -0.39 is 0 Å². The summed E-state index contributed by atoms with van der Waals surface area (Å²) in [6, 6.07) is 12.0. The van der Waals surface area contributed by atoms with Crippen LogP contribution in [-0.4, -0.2) is 12.5 Å². The van der Waals surface area contributed by atoms with Crippen LogP contribution in [0, 0.1) is 5.82 Å². The Morgan fingerprint density at radius 1 is 1.24 bits per heavy atom. The summed E-state index contributed by atoms with van der Waals surface area (Å²) < 4.78 is 18.5. The van der Waals surface area contributed by atoms with E-state index in [1.165, 1.54) is 12.1 Å². The minimum atomic E-state index is -0.272. The predicted octanol–water partition coefficient (Wildman–Crippen LogP) is 3.33. The maximum absolute atomic E-state index is 13.1. The fourth-order valence-corrected chi connectivity index (χ4v) is 2.44. The van der Waals surface area contributed by atoms with Crippen LogP contribution in [0.4, 0.5) is 10.1 Å². The minimum Gasteiger partial charge on any atom is -0.493 e. The summed E-state index contributed by atoms with van der Waals surface area (Å²) in [5, 5.41) is 2.87. The number of anilines is 1. The van der Waals surface area contributed by atoms with Gasteiger partial charge in [-0.2, -0.15) is 0 Å². The van der Waals surface area contributed by atoms with Gasteiger partial charge in [-0.3, -0.25) is 4.79 Å². The van der Waals surface area contributed by atoms with Crippen LogP contribution in [0.25, 0.3) is 0 Å². The first-order chi connectivity index (χ1) is 10.2. The molecule has 1 aliphatic rings. The van der Waals surface area contributed by atoms with Gasteiger partial charge in [-0.15, -0.1) is 0 Å². The molecule has 0 aliphatic carbocycles. The molecule has 0 radical (unpaired) electrons. The average molecular weight is 285 g/mol. The van der Waals surface area contributed by atoms with Crippen LogP contribution in [0.5, 0.6) is 5.75 Å². The Kier molecular flexibility index (Phi) is 3.86. The molecule has 2 aromatic rings. The molecule has 0 aromatic heterocycles. The van der Waals surface area contributed by atoms with Gasteiger partial charge in [-0.25, -0.2) is 4.39 Å². The van der Waals surface area contributed by atoms with Crippen molar-refractivity contribution in [1.82, 2.24) is 0 Å². The molecule has 1 aliphatic heterocycles. The number of fused-ring (bicyclic) bond motifs is 1. The number of rotatable bonds is 4. The van der Waals surface area contributed by atoms with Crippen LogP contribution in [0.3, 0.4) is 0 Å². The summed E-state index contributed by atoms with van der Waals surface area (Å²) >= 11 is 0. The molecule has 0 spiro atoms. The summed E-state index contributed by atoms with van der Waals surface area (Å²) in [5.74, 6) is 0.553. The highest BCUT2D eigenvalue weighted by molar-refractivity contribution is 5.91. The van der Waals surface area contributed by atoms with Crippen LogP contribution in [-0.2, 0) is 17.6 Å². The monoisotopic (exact) mass is 285 g/mol. The van der Waals surface area contributed by atoms with E-state index in [9.17, 15) is 9.18 Å². The van der Waals surface area contributed by atoms with Crippen molar-refractivity contribution >= 4 is 11.6 Å². The molecule has 3 nitrogen and oxygen atoms in total. The normalized spacial score (nSPS) is 12.6. The zero-order chi connectivity index (χ0) is 14.7. The molecule has 4 heteroatoms. The minimum absolute atomic E-state index is 0.0712. The highest BCUT2D eigenvalue weighted by atomic mass is 19.1. The number of benzene rings is 2. The van der Waals surface area contributed by atoms with E-state index in [1.54, 1.807) is 6.07 Å². The van der Waals surface area contributed by atoms with E-state index in [0.29, 0.717) is 19.4 Å². The van der Waals surface area contributed by atoms with Crippen molar-refractivity contribution in [1.29, 1.82) is 0 Å². The lowest BCUT2D eigenvalue weighted by Crippen LogP contribution is -2.12. The molecular formula is C17H16FNO2. The second-order valence-electron chi connectivity index (χ2n) is 5.10. The topological polar surface area (TPSA) is 38.3 Å². The fourth-order valence-electron chi connectivity index (χ4n) is 2.44. The average Bonchev–Trinajstić information content (AvgIpc) is 2.93. The predicted molar refractivity (Wildman–Crippen MR) is 79.0 cm³/mol. The molecule has 2 aromatic carbocycles. The lowest BCUT2D eigenvalue weighted by atomic mass is 10.1. The Morgan fingerprint density at radius 3 is 3.00 bits per heavy atom. The third-order valence-electron chi connectivity index (χ3n) is 3.50. The largest absolute Gasteiger partial charge is 0.493 e. The molecule has 0 fully saturated rings. The highest BCUT2D eigenvalue weighted by Crippen LogP contribution is 2.27. The number of ether oxygens (including phenoxy) is 1. The molecule has 0 unspecified atom stereocenters. The van der Waals surface area contributed by atoms with E-state index in [-0.39, 0.29) is 11.7 Å². The van der Waals surface area contributed by atoms with Crippen molar-refractivity contribution in [3.63, 3.8) is 0 Å². The van der Waals surface area contributed by atoms with Crippen LogP contribution in [0.15, 0.2) is 42.5 Å². The van der Waals surface area contributed by atoms with Crippen molar-refractivity contribution < 1.29 is 13.9 Å². The number of halogens is 1. The van der Waals surface area contributed by atoms with Crippen molar-refractivity contribution in [2.24, 2.45) is 0 Å². The zero-order valence-electron chi connectivity index (χ0n) is 11.6. The van der Waals surface area contributed by atoms with Crippen molar-refractivity contribution in [2.75, 3.05) is 11.9 Å². The molecule has 0 saturated carbocycles. The second-order valence-corrected chi connectivity index (χ2v) is 5.10. The van der Waals surface area contributed by atoms with E-state index in [0.717, 1.165) is 29.0 Å². The van der Waals surface area contributed by atoms with Gasteiger partial charge in [-0.05, 0) is 47.9 Å². The summed E-state index contributed by atoms with van der Waals surface area (Å²) in [6.45, 7) is 0.701. The highest BCUT2D eigenvalue weighted by Gasteiger charge is 2.12. The first kappa shape index (κ1) is 13.6. The third kappa shape index (κ3) is 3.40. The lowest BCUT2D eigenvalue weighted by Gasteiger charge is -2.07. The van der Waals surface area contributed by atoms with Crippen molar-refractivity contribution in [3.05, 3.63) is 59.4 Å². The smallest absolute Gasteiger partial charge is 0.224 e. The number of aryl methyl sites for hydroxylation is 1. The summed E-state index contributed by atoms with van der Waals surface area (Å²) in [4.78, 5) is 11.9. The van der Waals surface area contributed by atoms with Gasteiger partial charge in [0.2, 0.25) is 5.91 Å². The standard InChI is InChI=1S/C17H16FNO2/c18-14-3-1-2-12(10-14)4-7-17(20)19-15-5-6-16-13(11-15)8-9-21-16/h1-3,5-6,10-11H,4,7-9H2,(H,19,20). The van der Waals surface area contributed by atoms with E-state index >= 15 is 0 Å². The molecule has 0 atom stereocenters. The molecule has 1 heterocycles. The fraction of sp³-hybridized carbons (Fsp3) is 0.235. The Balaban J connectivity index is 1.57. The van der Waals surface area contributed by atoms with E-state index in [2.05, 4.69) is 5.32 Å². The molecule has 21 heavy (non-hydrogen) atoms. The molecular weight excluding hydrogens is 269 g/mol. The zero-order valence-corrected chi connectivity index (χ0v) is 11.6. The van der Waals surface area contributed by atoms with Gasteiger partial charge in [0.25, 0.3) is 0 Å². The van der Waals surface area contributed by atoms with Gasteiger partial charge >= 0.3 is 0 Å². The molecule has 3 rings (SSSR count). The van der Waals surface area contributed by atoms with Gasteiger partial charge in [0, 0.05) is 18.5 Å². The summed E-state index contributed by atoms with van der Waals surface area (Å²) in [7, 11) is 0. The molecule has 1 N–H and O–H groups in total. The van der Waals surface area contributed by atoms with Crippen LogP contribution in [0.1, 0.15) is 17.5 Å². The number of amides is 1. The Hall–Kier alpha value is -2.36. The maximum atomic E-state index is 13.1. The van der Waals surface area contributed by atoms with Gasteiger partial charge < -0.3 is 10.1 Å². The first-order valence-corrected chi connectivity index (χ1v) is 7.01. The Labute approximate surface area is 122 Å². The van der Waals surface area contributed by atoms with Gasteiger partial charge in [0.1, 0.15) is 11.6 Å². The van der Waals surface area contributed by atoms with Gasteiger partial charge in [0.05, 0.1) is 6.61 Å². The molecule has 1 amide bonds. The summed E-state index contributed by atoms with van der Waals surface area (Å²) in [5.41, 5.74) is 2.73. The van der Waals surface area contributed by atoms with Crippen LogP contribution in [0.2, 0.25) is 0 Å². The number of nitrogens with one attached hydrogen (secondary N) is 1. The number of hydrogen-bond donors (Lipinski definition) is 1. The second kappa shape index (κ2) is 5.95. The Bertz CT molecular complexity index is 670. The van der Waals surface area contributed by atoms with E-state index in [4.69, 9.17) is 4.74 Å². The number of hydrogen-bond acceptors (Lipinski definition) is 2.